The third kappa shape index (κ3) is 55.1. The number of carbonyl (C=O) groups is 2. The number of unbranched alkanes of at least 4 members (excludes halogenated alkanes) is 14. The van der Waals surface area contributed by atoms with Crippen molar-refractivity contribution in [3.8, 4) is 0 Å². The standard InChI is InChI=1S/2C22H32O2.Ba/c2*1-2-3-4-5-6-7-8-9-10-11-12-13-14-15-16-17-18-19-20-21-22(23)24;/h2*10-21H,2-9H2,1H3,(H,23,24);/q;;+2/p-2. The van der Waals surface area contributed by atoms with Crippen molar-refractivity contribution in [2.24, 2.45) is 0 Å². The van der Waals surface area contributed by atoms with Gasteiger partial charge < -0.3 is 19.8 Å². The molecule has 4 nitrogen and oxygen atoms in total. The van der Waals surface area contributed by atoms with Gasteiger partial charge in [-0.25, -0.2) is 0 Å². The van der Waals surface area contributed by atoms with Gasteiger partial charge in [-0.3, -0.25) is 0 Å². The van der Waals surface area contributed by atoms with E-state index in [0.29, 0.717) is 0 Å². The van der Waals surface area contributed by atoms with E-state index in [1.807, 2.05) is 72.9 Å². The van der Waals surface area contributed by atoms with Crippen LogP contribution in [0, 0.1) is 0 Å². The SMILES string of the molecule is CCCCCCCCCC=CC=CC=CC=CC=CC=CC(=O)[O-].CCCCCCCCCC=CC=CC=CC=CC=CC=CC(=O)[O-].[Ba+2]. The molecule has 0 heterocycles. The Hall–Kier alpha value is -2.61. The quantitative estimate of drug-likeness (QED) is 0.0342. The van der Waals surface area contributed by atoms with Gasteiger partial charge in [0.05, 0.1) is 11.9 Å². The van der Waals surface area contributed by atoms with Gasteiger partial charge in [-0.2, -0.15) is 0 Å². The van der Waals surface area contributed by atoms with Gasteiger partial charge in [-0.1, -0.05) is 225 Å². The topological polar surface area (TPSA) is 80.3 Å². The molecule has 0 saturated carbocycles. The van der Waals surface area contributed by atoms with E-state index < -0.39 is 11.9 Å². The van der Waals surface area contributed by atoms with E-state index in [4.69, 9.17) is 0 Å². The summed E-state index contributed by atoms with van der Waals surface area (Å²) in [7, 11) is 0. The van der Waals surface area contributed by atoms with Gasteiger partial charge in [0.25, 0.3) is 0 Å². The molecule has 0 aromatic carbocycles. The molecule has 0 amide bonds. The zero-order valence-electron chi connectivity index (χ0n) is 30.5. The first-order valence-corrected chi connectivity index (χ1v) is 18.0. The first-order chi connectivity index (χ1) is 23.5. The van der Waals surface area contributed by atoms with Crippen LogP contribution in [0.2, 0.25) is 0 Å². The van der Waals surface area contributed by atoms with Crippen LogP contribution in [0.25, 0.3) is 0 Å². The van der Waals surface area contributed by atoms with Crippen LogP contribution in [0.15, 0.2) is 146 Å². The van der Waals surface area contributed by atoms with Crippen molar-refractivity contribution in [2.75, 3.05) is 0 Å². The predicted molar refractivity (Wildman–Crippen MR) is 211 cm³/mol. The molecule has 0 saturated heterocycles. The van der Waals surface area contributed by atoms with Crippen molar-refractivity contribution in [3.63, 3.8) is 0 Å². The Balaban J connectivity index is -0.000000846. The summed E-state index contributed by atoms with van der Waals surface area (Å²) in [4.78, 5) is 20.2. The predicted octanol–water partition coefficient (Wildman–Crippen LogP) is 10.0. The summed E-state index contributed by atoms with van der Waals surface area (Å²) in [5.41, 5.74) is 0. The van der Waals surface area contributed by atoms with Crippen LogP contribution in [0.5, 0.6) is 0 Å². The summed E-state index contributed by atoms with van der Waals surface area (Å²) in [5.74, 6) is -2.37. The molecule has 0 spiro atoms. The zero-order valence-corrected chi connectivity index (χ0v) is 35.0. The molecule has 264 valence electrons. The summed E-state index contributed by atoms with van der Waals surface area (Å²) < 4.78 is 0. The second kappa shape index (κ2) is 47.5. The number of carboxylic acid groups (broad SMARTS) is 2. The maximum atomic E-state index is 10.1. The normalized spacial score (nSPS) is 12.8. The van der Waals surface area contributed by atoms with E-state index in [-0.39, 0.29) is 48.9 Å². The first-order valence-electron chi connectivity index (χ1n) is 18.0. The summed E-state index contributed by atoms with van der Waals surface area (Å²) in [5, 5.41) is 20.2. The average molecular weight is 792 g/mol. The second-order valence-electron chi connectivity index (χ2n) is 11.1. The average Bonchev–Trinajstić information content (AvgIpc) is 3.07. The molecule has 49 heavy (non-hydrogen) atoms. The van der Waals surface area contributed by atoms with Crippen molar-refractivity contribution in [3.05, 3.63) is 146 Å². The van der Waals surface area contributed by atoms with E-state index in [1.165, 1.54) is 102 Å². The molecule has 0 radical (unpaired) electrons. The zero-order chi connectivity index (χ0) is 35.4. The number of carboxylic acids is 2. The molecule has 0 aliphatic rings. The maximum Gasteiger partial charge on any atom is 2.00 e. The molecule has 0 atom stereocenters. The molecule has 0 aliphatic heterocycles. The molecule has 0 N–H and O–H groups in total. The van der Waals surface area contributed by atoms with Crippen LogP contribution in [-0.2, 0) is 9.59 Å². The Morgan fingerprint density at radius 3 is 0.837 bits per heavy atom. The molecule has 0 aliphatic carbocycles. The Labute approximate surface area is 340 Å². The molecule has 0 unspecified atom stereocenters. The van der Waals surface area contributed by atoms with Crippen LogP contribution in [0.4, 0.5) is 0 Å². The first kappa shape index (κ1) is 50.8. The molecular weight excluding hydrogens is 730 g/mol. The smallest absolute Gasteiger partial charge is 0.545 e. The molecule has 0 fully saturated rings. The van der Waals surface area contributed by atoms with Crippen LogP contribution >= 0.6 is 0 Å². The summed E-state index contributed by atoms with van der Waals surface area (Å²) in [6.45, 7) is 4.50. The number of hydrogen-bond donors (Lipinski definition) is 0. The van der Waals surface area contributed by atoms with E-state index >= 15 is 0 Å². The monoisotopic (exact) mass is 792 g/mol. The summed E-state index contributed by atoms with van der Waals surface area (Å²) >= 11 is 0. The van der Waals surface area contributed by atoms with Gasteiger partial charge >= 0.3 is 48.9 Å². The fourth-order valence-electron chi connectivity index (χ4n) is 4.08. The third-order valence-corrected chi connectivity index (χ3v) is 6.69. The van der Waals surface area contributed by atoms with Gasteiger partial charge in [0.2, 0.25) is 0 Å². The van der Waals surface area contributed by atoms with Gasteiger partial charge in [-0.05, 0) is 37.8 Å². The Morgan fingerprint density at radius 1 is 0.347 bits per heavy atom. The van der Waals surface area contributed by atoms with Crippen LogP contribution in [-0.4, -0.2) is 60.8 Å². The number of rotatable bonds is 28. The minimum atomic E-state index is -1.19. The maximum absolute atomic E-state index is 10.1. The fourth-order valence-corrected chi connectivity index (χ4v) is 4.08. The van der Waals surface area contributed by atoms with Gasteiger partial charge in [0.1, 0.15) is 0 Å². The molecule has 5 heteroatoms. The van der Waals surface area contributed by atoms with Crippen molar-refractivity contribution < 1.29 is 19.8 Å². The number of carbonyl (C=O) groups excluding carboxylic acids is 2. The van der Waals surface area contributed by atoms with E-state index in [1.54, 1.807) is 24.3 Å². The summed E-state index contributed by atoms with van der Waals surface area (Å²) in [6, 6.07) is 0. The van der Waals surface area contributed by atoms with Crippen LogP contribution in [0.1, 0.15) is 117 Å². The number of aliphatic carboxylic acids is 2. The summed E-state index contributed by atoms with van der Waals surface area (Å²) in [6.07, 6.45) is 64.8. The fraction of sp³-hybridized carbons (Fsp3) is 0.409. The molecule has 0 aromatic rings. The van der Waals surface area contributed by atoms with Crippen molar-refractivity contribution in [1.82, 2.24) is 0 Å². The number of allylic oxidation sites excluding steroid dienone is 22. The largest absolute Gasteiger partial charge is 2.00 e. The van der Waals surface area contributed by atoms with Gasteiger partial charge in [-0.15, -0.1) is 0 Å². The number of hydrogen-bond acceptors (Lipinski definition) is 4. The van der Waals surface area contributed by atoms with Crippen LogP contribution in [0.3, 0.4) is 0 Å². The van der Waals surface area contributed by atoms with Crippen LogP contribution < -0.4 is 10.2 Å². The Bertz CT molecular complexity index is 1020. The second-order valence-corrected chi connectivity index (χ2v) is 11.1. The molecule has 0 bridgehead atoms. The van der Waals surface area contributed by atoms with E-state index in [9.17, 15) is 19.8 Å². The van der Waals surface area contributed by atoms with E-state index in [2.05, 4.69) is 38.2 Å². The van der Waals surface area contributed by atoms with Crippen molar-refractivity contribution in [2.45, 2.75) is 117 Å². The Kier molecular flexibility index (Phi) is 49.2. The van der Waals surface area contributed by atoms with E-state index in [0.717, 1.165) is 25.0 Å². The molecular formula is C44H62BaO4. The minimum Gasteiger partial charge on any atom is -0.545 e. The van der Waals surface area contributed by atoms with Crippen molar-refractivity contribution >= 4 is 60.8 Å². The third-order valence-electron chi connectivity index (χ3n) is 6.69. The van der Waals surface area contributed by atoms with Crippen molar-refractivity contribution in [1.29, 1.82) is 0 Å². The molecule has 0 rings (SSSR count). The minimum absolute atomic E-state index is 0. The Morgan fingerprint density at radius 2 is 0.571 bits per heavy atom. The molecule has 0 aromatic heterocycles. The van der Waals surface area contributed by atoms with Gasteiger partial charge in [0.15, 0.2) is 0 Å². The van der Waals surface area contributed by atoms with Gasteiger partial charge in [0, 0.05) is 0 Å².